The average Bonchev–Trinajstić information content (AvgIpc) is 3.75. The van der Waals surface area contributed by atoms with Crippen molar-refractivity contribution in [2.45, 2.75) is 64.0 Å². The lowest BCUT2D eigenvalue weighted by molar-refractivity contribution is -0.117. The summed E-state index contributed by atoms with van der Waals surface area (Å²) in [4.78, 5) is 25.7. The molecule has 2 aliphatic rings. The highest BCUT2D eigenvalue weighted by Crippen LogP contribution is 2.42. The van der Waals surface area contributed by atoms with E-state index in [9.17, 15) is 9.18 Å². The normalized spacial score (nSPS) is 19.4. The van der Waals surface area contributed by atoms with Crippen LogP contribution in [0.1, 0.15) is 19.3 Å². The maximum atomic E-state index is 13.4. The van der Waals surface area contributed by atoms with Gasteiger partial charge in [-0.15, -0.1) is 0 Å². The highest BCUT2D eigenvalue weighted by atomic mass is 28.3. The summed E-state index contributed by atoms with van der Waals surface area (Å²) in [5.74, 6) is 0.285. The molecule has 0 unspecified atom stereocenters. The molecule has 36 heavy (non-hydrogen) atoms. The van der Waals surface area contributed by atoms with Crippen molar-refractivity contribution in [3.05, 3.63) is 24.7 Å². The van der Waals surface area contributed by atoms with E-state index in [1.807, 2.05) is 16.8 Å². The van der Waals surface area contributed by atoms with E-state index in [4.69, 9.17) is 19.2 Å². The van der Waals surface area contributed by atoms with Gasteiger partial charge in [-0.1, -0.05) is 19.6 Å². The van der Waals surface area contributed by atoms with Gasteiger partial charge >= 0.3 is 0 Å². The molecular weight excluding hydrogens is 481 g/mol. The first-order chi connectivity index (χ1) is 17.2. The number of methoxy groups -OCH3 is 1. The van der Waals surface area contributed by atoms with Crippen LogP contribution in [-0.2, 0) is 16.3 Å². The van der Waals surface area contributed by atoms with E-state index in [0.717, 1.165) is 29.8 Å². The standard InChI is InChI=1S/C25H32FN5O4Si/c1-33-24-21(25(28-13-27-24)35-15-5-6-15)18-12-31(14-34-9-10-36(2,3)4)22-16(18)7-8-20(29-22)30-23(32)17-11-19(17)26/h7-8,12-13,15,17,19H,5-6,9-11,14H2,1-4H3,(H,29,30,32)/t17-,19+/m1/s1. The van der Waals surface area contributed by atoms with Crippen molar-refractivity contribution in [2.75, 3.05) is 19.0 Å². The minimum Gasteiger partial charge on any atom is -0.480 e. The molecule has 2 fully saturated rings. The molecule has 0 saturated heterocycles. The third-order valence-electron chi connectivity index (χ3n) is 6.29. The fourth-order valence-electron chi connectivity index (χ4n) is 3.90. The zero-order valence-electron chi connectivity index (χ0n) is 21.1. The van der Waals surface area contributed by atoms with Gasteiger partial charge in [0.1, 0.15) is 42.4 Å². The van der Waals surface area contributed by atoms with Gasteiger partial charge in [0.2, 0.25) is 17.7 Å². The van der Waals surface area contributed by atoms with E-state index in [2.05, 4.69) is 34.9 Å². The van der Waals surface area contributed by atoms with Crippen molar-refractivity contribution in [3.8, 4) is 22.9 Å². The van der Waals surface area contributed by atoms with Crippen molar-refractivity contribution in [1.29, 1.82) is 0 Å². The predicted octanol–water partition coefficient (Wildman–Crippen LogP) is 4.65. The zero-order chi connectivity index (χ0) is 25.4. The van der Waals surface area contributed by atoms with Gasteiger partial charge < -0.3 is 24.1 Å². The van der Waals surface area contributed by atoms with Crippen molar-refractivity contribution in [1.82, 2.24) is 19.5 Å². The Labute approximate surface area is 210 Å². The SMILES string of the molecule is COc1ncnc(OC2CC2)c1-c1cn(COCC[Si](C)(C)C)c2nc(NC(=O)[C@@H]3C[C@@H]3F)ccc12. The number of halogens is 1. The summed E-state index contributed by atoms with van der Waals surface area (Å²) >= 11 is 0. The summed E-state index contributed by atoms with van der Waals surface area (Å²) in [6, 6.07) is 4.63. The lowest BCUT2D eigenvalue weighted by Gasteiger charge is -2.15. The van der Waals surface area contributed by atoms with Crippen molar-refractivity contribution < 1.29 is 23.4 Å². The lowest BCUT2D eigenvalue weighted by Crippen LogP contribution is -2.22. The summed E-state index contributed by atoms with van der Waals surface area (Å²) in [7, 11) is 0.321. The van der Waals surface area contributed by atoms with E-state index in [1.54, 1.807) is 13.2 Å². The van der Waals surface area contributed by atoms with E-state index in [1.165, 1.54) is 6.33 Å². The molecule has 3 aromatic heterocycles. The second-order valence-corrected chi connectivity index (χ2v) is 16.3. The average molecular weight is 514 g/mol. The summed E-state index contributed by atoms with van der Waals surface area (Å²) in [6.07, 6.45) is 4.67. The first-order valence-electron chi connectivity index (χ1n) is 12.3. The summed E-state index contributed by atoms with van der Waals surface area (Å²) in [5.41, 5.74) is 2.06. The summed E-state index contributed by atoms with van der Waals surface area (Å²) < 4.78 is 32.9. The van der Waals surface area contributed by atoms with Crippen molar-refractivity contribution >= 4 is 30.8 Å². The Bertz CT molecular complexity index is 1270. The number of pyridine rings is 1. The van der Waals surface area contributed by atoms with Crippen LogP contribution in [0.3, 0.4) is 0 Å². The Kier molecular flexibility index (Phi) is 6.69. The predicted molar refractivity (Wildman–Crippen MR) is 137 cm³/mol. The molecule has 3 aromatic rings. The molecule has 5 rings (SSSR count). The smallest absolute Gasteiger partial charge is 0.231 e. The largest absolute Gasteiger partial charge is 0.480 e. The number of alkyl halides is 1. The molecule has 0 aliphatic heterocycles. The molecule has 0 bridgehead atoms. The maximum absolute atomic E-state index is 13.4. The van der Waals surface area contributed by atoms with Gasteiger partial charge in [0, 0.05) is 31.8 Å². The molecule has 3 heterocycles. The number of carbonyl (C=O) groups excluding carboxylic acids is 1. The Morgan fingerprint density at radius 3 is 2.64 bits per heavy atom. The molecule has 1 amide bonds. The fraction of sp³-hybridized carbons (Fsp3) is 0.520. The molecule has 0 radical (unpaired) electrons. The van der Waals surface area contributed by atoms with Crippen LogP contribution in [-0.4, -0.2) is 59.5 Å². The topological polar surface area (TPSA) is 100 Å². The van der Waals surface area contributed by atoms with Crippen LogP contribution >= 0.6 is 0 Å². The Morgan fingerprint density at radius 1 is 1.22 bits per heavy atom. The molecule has 9 nitrogen and oxygen atoms in total. The first-order valence-corrected chi connectivity index (χ1v) is 16.0. The number of nitrogens with zero attached hydrogens (tertiary/aromatic N) is 4. The number of rotatable bonds is 11. The van der Waals surface area contributed by atoms with Gasteiger partial charge in [-0.3, -0.25) is 4.79 Å². The number of hydrogen-bond acceptors (Lipinski definition) is 7. The van der Waals surface area contributed by atoms with E-state index in [-0.39, 0.29) is 25.2 Å². The minimum absolute atomic E-state index is 0.142. The molecule has 2 saturated carbocycles. The van der Waals surface area contributed by atoms with Gasteiger partial charge in [-0.2, -0.15) is 0 Å². The van der Waals surface area contributed by atoms with Gasteiger partial charge in [-0.25, -0.2) is 19.3 Å². The molecule has 2 aliphatic carbocycles. The van der Waals surface area contributed by atoms with Crippen molar-refractivity contribution in [3.63, 3.8) is 0 Å². The number of aromatic nitrogens is 4. The second-order valence-electron chi connectivity index (χ2n) is 10.7. The molecule has 0 aromatic carbocycles. The van der Waals surface area contributed by atoms with Crippen molar-refractivity contribution in [2.24, 2.45) is 5.92 Å². The van der Waals surface area contributed by atoms with Crippen LogP contribution in [0, 0.1) is 5.92 Å². The van der Waals surface area contributed by atoms with Crippen LogP contribution in [0.25, 0.3) is 22.2 Å². The first kappa shape index (κ1) is 24.6. The zero-order valence-corrected chi connectivity index (χ0v) is 22.1. The Morgan fingerprint density at radius 2 is 1.97 bits per heavy atom. The van der Waals surface area contributed by atoms with E-state index >= 15 is 0 Å². The maximum Gasteiger partial charge on any atom is 0.231 e. The molecular formula is C25H32FN5O4Si. The fourth-order valence-corrected chi connectivity index (χ4v) is 4.66. The molecule has 0 spiro atoms. The van der Waals surface area contributed by atoms with Gasteiger partial charge in [-0.05, 0) is 37.4 Å². The second kappa shape index (κ2) is 9.77. The quantitative estimate of drug-likeness (QED) is 0.294. The lowest BCUT2D eigenvalue weighted by atomic mass is 10.1. The number of anilines is 1. The minimum atomic E-state index is -1.24. The number of carbonyl (C=O) groups is 1. The number of ether oxygens (including phenoxy) is 3. The van der Waals surface area contributed by atoms with Gasteiger partial charge in [0.15, 0.2) is 0 Å². The monoisotopic (exact) mass is 513 g/mol. The Balaban J connectivity index is 1.52. The van der Waals surface area contributed by atoms with Crippen LogP contribution in [0.2, 0.25) is 25.7 Å². The molecule has 11 heteroatoms. The molecule has 192 valence electrons. The molecule has 2 atom stereocenters. The Hall–Kier alpha value is -3.05. The van der Waals surface area contributed by atoms with Gasteiger partial charge in [0.05, 0.1) is 13.0 Å². The third kappa shape index (κ3) is 5.51. The van der Waals surface area contributed by atoms with Gasteiger partial charge in [0.25, 0.3) is 0 Å². The number of amides is 1. The highest BCUT2D eigenvalue weighted by molar-refractivity contribution is 6.76. The summed E-state index contributed by atoms with van der Waals surface area (Å²) in [5, 5.41) is 3.56. The molecule has 1 N–H and O–H groups in total. The number of fused-ring (bicyclic) bond motifs is 1. The highest BCUT2D eigenvalue weighted by Gasteiger charge is 2.43. The van der Waals surface area contributed by atoms with Crippen LogP contribution in [0.5, 0.6) is 11.8 Å². The van der Waals surface area contributed by atoms with Crippen LogP contribution in [0.15, 0.2) is 24.7 Å². The van der Waals surface area contributed by atoms with E-state index in [0.29, 0.717) is 35.4 Å². The number of nitrogens with one attached hydrogen (secondary N) is 1. The third-order valence-corrected chi connectivity index (χ3v) is 8.00. The summed E-state index contributed by atoms with van der Waals surface area (Å²) in [6.45, 7) is 7.85. The van der Waals surface area contributed by atoms with Crippen LogP contribution < -0.4 is 14.8 Å². The van der Waals surface area contributed by atoms with Crippen LogP contribution in [0.4, 0.5) is 10.2 Å². The number of hydrogen-bond donors (Lipinski definition) is 1. The van der Waals surface area contributed by atoms with E-state index < -0.39 is 20.2 Å².